The molecule has 3 nitrogen and oxygen atoms in total. The van der Waals surface area contributed by atoms with E-state index in [1.54, 1.807) is 4.90 Å². The van der Waals surface area contributed by atoms with Crippen molar-refractivity contribution in [3.63, 3.8) is 0 Å². The minimum absolute atomic E-state index is 0.115. The number of rotatable bonds is 2. The van der Waals surface area contributed by atoms with Crippen molar-refractivity contribution in [2.24, 2.45) is 0 Å². The Bertz CT molecular complexity index is 401. The van der Waals surface area contributed by atoms with Crippen LogP contribution in [0.15, 0.2) is 18.2 Å². The normalized spacial score (nSPS) is 14.4. The molecular formula is C13H18N2O. The fourth-order valence-electron chi connectivity index (χ4n) is 1.97. The quantitative estimate of drug-likeness (QED) is 0.814. The molecule has 0 spiro atoms. The van der Waals surface area contributed by atoms with Gasteiger partial charge in [0.05, 0.1) is 0 Å². The van der Waals surface area contributed by atoms with Crippen molar-refractivity contribution in [2.45, 2.75) is 19.9 Å². The molecule has 86 valence electrons. The number of carbonyl (C=O) groups is 1. The van der Waals surface area contributed by atoms with Crippen LogP contribution in [0.3, 0.4) is 0 Å². The van der Waals surface area contributed by atoms with E-state index < -0.39 is 0 Å². The second kappa shape index (κ2) is 4.66. The van der Waals surface area contributed by atoms with Gasteiger partial charge in [0.1, 0.15) is 0 Å². The molecule has 3 heteroatoms. The summed E-state index contributed by atoms with van der Waals surface area (Å²) in [6.07, 6.45) is 1.02. The van der Waals surface area contributed by atoms with E-state index in [4.69, 9.17) is 0 Å². The second-order valence-electron chi connectivity index (χ2n) is 4.23. The number of fused-ring (bicyclic) bond motifs is 1. The van der Waals surface area contributed by atoms with E-state index in [1.165, 1.54) is 11.1 Å². The third-order valence-corrected chi connectivity index (χ3v) is 3.16. The van der Waals surface area contributed by atoms with Gasteiger partial charge in [-0.05, 0) is 43.1 Å². The third kappa shape index (κ3) is 2.09. The number of hydrogen-bond donors (Lipinski definition) is 1. The number of amides is 1. The summed E-state index contributed by atoms with van der Waals surface area (Å²) < 4.78 is 0. The molecule has 0 unspecified atom stereocenters. The molecule has 2 rings (SSSR count). The standard InChI is InChI=1S/C13H18N2O/c1-3-15(2)13(16)11-4-5-12-9-14-7-6-10(12)8-11/h4-5,8,14H,3,6-7,9H2,1-2H3. The van der Waals surface area contributed by atoms with Gasteiger partial charge in [0.25, 0.3) is 5.91 Å². The summed E-state index contributed by atoms with van der Waals surface area (Å²) in [5.41, 5.74) is 3.45. The largest absolute Gasteiger partial charge is 0.342 e. The Hall–Kier alpha value is -1.35. The summed E-state index contributed by atoms with van der Waals surface area (Å²) in [4.78, 5) is 13.7. The predicted molar refractivity (Wildman–Crippen MR) is 64.5 cm³/mol. The fourth-order valence-corrected chi connectivity index (χ4v) is 1.97. The number of hydrogen-bond acceptors (Lipinski definition) is 2. The third-order valence-electron chi connectivity index (χ3n) is 3.16. The van der Waals surface area contributed by atoms with Crippen molar-refractivity contribution in [1.82, 2.24) is 10.2 Å². The van der Waals surface area contributed by atoms with Crippen LogP contribution < -0.4 is 5.32 Å². The van der Waals surface area contributed by atoms with Gasteiger partial charge in [0.2, 0.25) is 0 Å². The first kappa shape index (κ1) is 11.1. The molecule has 0 radical (unpaired) electrons. The van der Waals surface area contributed by atoms with Crippen LogP contribution in [-0.2, 0) is 13.0 Å². The highest BCUT2D eigenvalue weighted by Crippen LogP contribution is 2.16. The summed E-state index contributed by atoms with van der Waals surface area (Å²) in [7, 11) is 1.84. The van der Waals surface area contributed by atoms with Crippen molar-refractivity contribution in [3.05, 3.63) is 34.9 Å². The Labute approximate surface area is 96.5 Å². The number of benzene rings is 1. The lowest BCUT2D eigenvalue weighted by molar-refractivity contribution is 0.0802. The van der Waals surface area contributed by atoms with Crippen LogP contribution in [0.5, 0.6) is 0 Å². The van der Waals surface area contributed by atoms with Crippen molar-refractivity contribution in [2.75, 3.05) is 20.1 Å². The molecule has 1 amide bonds. The van der Waals surface area contributed by atoms with E-state index in [1.807, 2.05) is 26.1 Å². The molecule has 1 aliphatic heterocycles. The van der Waals surface area contributed by atoms with Gasteiger partial charge >= 0.3 is 0 Å². The maximum absolute atomic E-state index is 12.0. The molecule has 1 aromatic carbocycles. The first-order chi connectivity index (χ1) is 7.72. The van der Waals surface area contributed by atoms with Gasteiger partial charge in [-0.3, -0.25) is 4.79 Å². The van der Waals surface area contributed by atoms with Crippen molar-refractivity contribution in [1.29, 1.82) is 0 Å². The van der Waals surface area contributed by atoms with E-state index in [9.17, 15) is 4.79 Å². The lowest BCUT2D eigenvalue weighted by atomic mass is 9.98. The first-order valence-electron chi connectivity index (χ1n) is 5.80. The van der Waals surface area contributed by atoms with Crippen molar-refractivity contribution in [3.8, 4) is 0 Å². The van der Waals surface area contributed by atoms with E-state index >= 15 is 0 Å². The van der Waals surface area contributed by atoms with E-state index in [2.05, 4.69) is 11.4 Å². The van der Waals surface area contributed by atoms with Crippen LogP contribution in [0.25, 0.3) is 0 Å². The molecule has 0 saturated heterocycles. The molecule has 1 aromatic rings. The highest BCUT2D eigenvalue weighted by atomic mass is 16.2. The highest BCUT2D eigenvalue weighted by molar-refractivity contribution is 5.94. The Kier molecular flexibility index (Phi) is 3.25. The maximum atomic E-state index is 12.0. The smallest absolute Gasteiger partial charge is 0.253 e. The second-order valence-corrected chi connectivity index (χ2v) is 4.23. The molecule has 16 heavy (non-hydrogen) atoms. The summed E-state index contributed by atoms with van der Waals surface area (Å²) >= 11 is 0. The van der Waals surface area contributed by atoms with Gasteiger partial charge < -0.3 is 10.2 Å². The highest BCUT2D eigenvalue weighted by Gasteiger charge is 2.14. The Morgan fingerprint density at radius 2 is 2.25 bits per heavy atom. The molecule has 0 fully saturated rings. The summed E-state index contributed by atoms with van der Waals surface area (Å²) in [5.74, 6) is 0.115. The Balaban J connectivity index is 2.26. The lowest BCUT2D eigenvalue weighted by Crippen LogP contribution is -2.27. The lowest BCUT2D eigenvalue weighted by Gasteiger charge is -2.19. The SMILES string of the molecule is CCN(C)C(=O)c1ccc2c(c1)CCNC2. The minimum Gasteiger partial charge on any atom is -0.342 e. The fraction of sp³-hybridized carbons (Fsp3) is 0.462. The topological polar surface area (TPSA) is 32.3 Å². The van der Waals surface area contributed by atoms with Crippen LogP contribution >= 0.6 is 0 Å². The average molecular weight is 218 g/mol. The molecule has 0 aromatic heterocycles. The zero-order chi connectivity index (χ0) is 11.5. The van der Waals surface area contributed by atoms with E-state index in [0.717, 1.165) is 31.6 Å². The molecule has 1 aliphatic rings. The van der Waals surface area contributed by atoms with Gasteiger partial charge in [0.15, 0.2) is 0 Å². The number of carbonyl (C=O) groups excluding carboxylic acids is 1. The van der Waals surface area contributed by atoms with Crippen LogP contribution in [-0.4, -0.2) is 30.9 Å². The van der Waals surface area contributed by atoms with Gasteiger partial charge in [-0.2, -0.15) is 0 Å². The molecular weight excluding hydrogens is 200 g/mol. The van der Waals surface area contributed by atoms with Crippen LogP contribution in [0.1, 0.15) is 28.4 Å². The molecule has 0 saturated carbocycles. The number of nitrogens with zero attached hydrogens (tertiary/aromatic N) is 1. The van der Waals surface area contributed by atoms with Gasteiger partial charge in [-0.15, -0.1) is 0 Å². The zero-order valence-electron chi connectivity index (χ0n) is 9.92. The van der Waals surface area contributed by atoms with E-state index in [-0.39, 0.29) is 5.91 Å². The summed E-state index contributed by atoms with van der Waals surface area (Å²) in [5, 5.41) is 3.33. The summed E-state index contributed by atoms with van der Waals surface area (Å²) in [6.45, 7) is 4.67. The van der Waals surface area contributed by atoms with E-state index in [0.29, 0.717) is 0 Å². The van der Waals surface area contributed by atoms with Gasteiger partial charge in [-0.25, -0.2) is 0 Å². The van der Waals surface area contributed by atoms with Crippen molar-refractivity contribution < 1.29 is 4.79 Å². The number of nitrogens with one attached hydrogen (secondary N) is 1. The molecule has 0 bridgehead atoms. The Morgan fingerprint density at radius 3 is 3.00 bits per heavy atom. The van der Waals surface area contributed by atoms with Crippen LogP contribution in [0.2, 0.25) is 0 Å². The monoisotopic (exact) mass is 218 g/mol. The Morgan fingerprint density at radius 1 is 1.44 bits per heavy atom. The molecule has 0 atom stereocenters. The zero-order valence-corrected chi connectivity index (χ0v) is 9.92. The predicted octanol–water partition coefficient (Wildman–Crippen LogP) is 1.42. The van der Waals surface area contributed by atoms with Crippen LogP contribution in [0, 0.1) is 0 Å². The van der Waals surface area contributed by atoms with Gasteiger partial charge in [0, 0.05) is 25.7 Å². The molecule has 1 heterocycles. The first-order valence-corrected chi connectivity index (χ1v) is 5.80. The van der Waals surface area contributed by atoms with Crippen LogP contribution in [0.4, 0.5) is 0 Å². The van der Waals surface area contributed by atoms with Gasteiger partial charge in [-0.1, -0.05) is 6.07 Å². The minimum atomic E-state index is 0.115. The average Bonchev–Trinajstić information content (AvgIpc) is 2.36. The molecule has 0 aliphatic carbocycles. The maximum Gasteiger partial charge on any atom is 0.253 e. The molecule has 1 N–H and O–H groups in total. The van der Waals surface area contributed by atoms with Crippen molar-refractivity contribution >= 4 is 5.91 Å². The summed E-state index contributed by atoms with van der Waals surface area (Å²) in [6, 6.07) is 6.04.